The van der Waals surface area contributed by atoms with Crippen molar-refractivity contribution in [3.63, 3.8) is 0 Å². The van der Waals surface area contributed by atoms with E-state index in [0.717, 1.165) is 12.5 Å². The van der Waals surface area contributed by atoms with Crippen LogP contribution in [0.25, 0.3) is 0 Å². The van der Waals surface area contributed by atoms with Crippen LogP contribution in [0.2, 0.25) is 0 Å². The number of allylic oxidation sites excluding steroid dienone is 1. The molecule has 0 heterocycles. The highest BCUT2D eigenvalue weighted by Gasteiger charge is 1.87. The average molecular weight is 111 g/mol. The van der Waals surface area contributed by atoms with Gasteiger partial charge in [-0.25, -0.2) is 9.59 Å². The molecule has 41 valence electrons. The molecule has 0 aromatic heterocycles. The average Bonchev–Trinajstić information content (AvgIpc) is 1.83. The Morgan fingerprint density at radius 3 is 2.38 bits per heavy atom. The fourth-order valence-electron chi connectivity index (χ4n) is 0.149. The molecule has 3 heteroatoms. The highest BCUT2D eigenvalue weighted by Crippen LogP contribution is 1.86. The van der Waals surface area contributed by atoms with E-state index < -0.39 is 0 Å². The van der Waals surface area contributed by atoms with Gasteiger partial charge in [-0.1, -0.05) is 6.58 Å². The summed E-state index contributed by atoms with van der Waals surface area (Å²) in [5, 5.41) is 0. The lowest BCUT2D eigenvalue weighted by Crippen LogP contribution is -1.84. The fraction of sp³-hybridized carbons (Fsp3) is 0. The van der Waals surface area contributed by atoms with Gasteiger partial charge in [0, 0.05) is 0 Å². The molecule has 0 N–H and O–H groups in total. The Morgan fingerprint density at radius 1 is 1.62 bits per heavy atom. The molecule has 0 saturated carbocycles. The summed E-state index contributed by atoms with van der Waals surface area (Å²) in [7, 11) is 0. The van der Waals surface area contributed by atoms with E-state index in [-0.39, 0.29) is 5.76 Å². The maximum absolute atomic E-state index is 9.59. The maximum Gasteiger partial charge on any atom is 0.424 e. The van der Waals surface area contributed by atoms with Gasteiger partial charge in [0.1, 0.15) is 0 Å². The fourth-order valence-corrected chi connectivity index (χ4v) is 0.149. The van der Waals surface area contributed by atoms with Crippen LogP contribution in [-0.4, -0.2) is 12.4 Å². The van der Waals surface area contributed by atoms with E-state index >= 15 is 0 Å². The first-order valence-corrected chi connectivity index (χ1v) is 1.76. The highest BCUT2D eigenvalue weighted by atomic mass is 16.5. The second-order valence-corrected chi connectivity index (χ2v) is 0.856. The molecular weight excluding hydrogens is 108 g/mol. The first-order valence-electron chi connectivity index (χ1n) is 1.76. The predicted molar refractivity (Wildman–Crippen MR) is 26.2 cm³/mol. The van der Waals surface area contributed by atoms with E-state index in [4.69, 9.17) is 0 Å². The van der Waals surface area contributed by atoms with Gasteiger partial charge in [-0.05, 0) is 6.08 Å². The van der Waals surface area contributed by atoms with Crippen LogP contribution in [-0.2, 0) is 14.3 Å². The number of carbonyl (C=O) groups excluding carboxylic acids is 2. The van der Waals surface area contributed by atoms with Gasteiger partial charge < -0.3 is 4.74 Å². The third-order valence-electron chi connectivity index (χ3n) is 0.438. The van der Waals surface area contributed by atoms with Crippen LogP contribution in [0.15, 0.2) is 18.4 Å². The van der Waals surface area contributed by atoms with Crippen LogP contribution < -0.4 is 0 Å². The van der Waals surface area contributed by atoms with Crippen molar-refractivity contribution in [2.24, 2.45) is 0 Å². The minimum atomic E-state index is -0.250. The zero-order valence-electron chi connectivity index (χ0n) is 4.01. The molecule has 0 aromatic carbocycles. The lowest BCUT2D eigenvalue weighted by molar-refractivity contribution is 0.376. The molecule has 0 aliphatic heterocycles. The lowest BCUT2D eigenvalue weighted by atomic mass is 10.5. The molecular formula is C5H3O3. The maximum atomic E-state index is 9.59. The summed E-state index contributed by atoms with van der Waals surface area (Å²) < 4.78 is 3.91. The summed E-state index contributed by atoms with van der Waals surface area (Å²) in [4.78, 5) is 18.9. The summed E-state index contributed by atoms with van der Waals surface area (Å²) in [6.45, 7) is 4.20. The molecule has 0 aliphatic carbocycles. The van der Waals surface area contributed by atoms with Gasteiger partial charge >= 0.3 is 6.47 Å². The van der Waals surface area contributed by atoms with Crippen LogP contribution in [0.4, 0.5) is 0 Å². The highest BCUT2D eigenvalue weighted by molar-refractivity contribution is 5.58. The van der Waals surface area contributed by atoms with Gasteiger partial charge in [0.25, 0.3) is 0 Å². The molecule has 0 atom stereocenters. The minimum Gasteiger partial charge on any atom is -0.406 e. The summed E-state index contributed by atoms with van der Waals surface area (Å²) in [6, 6.07) is 0. The predicted octanol–water partition coefficient (Wildman–Crippen LogP) is -0.0283. The number of hydrogen-bond donors (Lipinski definition) is 0. The van der Waals surface area contributed by atoms with E-state index in [0.29, 0.717) is 0 Å². The smallest absolute Gasteiger partial charge is 0.406 e. The molecule has 0 bridgehead atoms. The zero-order chi connectivity index (χ0) is 6.41. The van der Waals surface area contributed by atoms with Crippen molar-refractivity contribution in [1.82, 2.24) is 0 Å². The van der Waals surface area contributed by atoms with Gasteiger partial charge in [-0.2, -0.15) is 0 Å². The van der Waals surface area contributed by atoms with Crippen LogP contribution in [0.3, 0.4) is 0 Å². The Kier molecular flexibility index (Phi) is 3.19. The van der Waals surface area contributed by atoms with Gasteiger partial charge in [-0.3, -0.25) is 0 Å². The van der Waals surface area contributed by atoms with Crippen molar-refractivity contribution >= 4 is 12.4 Å². The SMILES string of the molecule is C=CC(=C=O)O[C]=O. The van der Waals surface area contributed by atoms with Crippen molar-refractivity contribution in [2.45, 2.75) is 0 Å². The first-order chi connectivity index (χ1) is 3.85. The van der Waals surface area contributed by atoms with Crippen molar-refractivity contribution in [2.75, 3.05) is 0 Å². The van der Waals surface area contributed by atoms with Gasteiger partial charge in [-0.15, -0.1) is 0 Å². The Morgan fingerprint density at radius 2 is 2.25 bits per heavy atom. The molecule has 8 heavy (non-hydrogen) atoms. The Labute approximate surface area is 46.3 Å². The zero-order valence-corrected chi connectivity index (χ0v) is 4.01. The van der Waals surface area contributed by atoms with Gasteiger partial charge in [0.15, 0.2) is 5.94 Å². The molecule has 0 spiro atoms. The second kappa shape index (κ2) is 3.84. The number of ether oxygens (including phenoxy) is 1. The molecule has 0 rings (SSSR count). The third kappa shape index (κ3) is 1.95. The van der Waals surface area contributed by atoms with Crippen molar-refractivity contribution in [3.8, 4) is 0 Å². The van der Waals surface area contributed by atoms with Crippen molar-refractivity contribution in [1.29, 1.82) is 0 Å². The van der Waals surface area contributed by atoms with E-state index in [2.05, 4.69) is 11.3 Å². The van der Waals surface area contributed by atoms with E-state index in [9.17, 15) is 9.59 Å². The van der Waals surface area contributed by atoms with Crippen LogP contribution in [0, 0.1) is 0 Å². The van der Waals surface area contributed by atoms with E-state index in [1.165, 1.54) is 5.94 Å². The summed E-state index contributed by atoms with van der Waals surface area (Å²) in [6.07, 6.45) is 1.07. The monoisotopic (exact) mass is 111 g/mol. The molecule has 0 aromatic rings. The normalized spacial score (nSPS) is 6.50. The molecule has 0 aliphatic rings. The Hall–Kier alpha value is -1.34. The standard InChI is InChI=1S/C5H3O3/c1-2-5(3-6)8-4-7/h2H,1H2. The minimum absolute atomic E-state index is 0.250. The topological polar surface area (TPSA) is 43.4 Å². The summed E-state index contributed by atoms with van der Waals surface area (Å²) in [5.74, 6) is 1.07. The summed E-state index contributed by atoms with van der Waals surface area (Å²) >= 11 is 0. The molecule has 0 saturated heterocycles. The van der Waals surface area contributed by atoms with Gasteiger partial charge in [0.2, 0.25) is 5.76 Å². The van der Waals surface area contributed by atoms with Crippen molar-refractivity contribution < 1.29 is 14.3 Å². The molecule has 0 fully saturated rings. The Balaban J connectivity index is 3.91. The lowest BCUT2D eigenvalue weighted by Gasteiger charge is -1.83. The van der Waals surface area contributed by atoms with E-state index in [1.54, 1.807) is 0 Å². The van der Waals surface area contributed by atoms with Crippen LogP contribution in [0.5, 0.6) is 0 Å². The summed E-state index contributed by atoms with van der Waals surface area (Å²) in [5.41, 5.74) is 0. The van der Waals surface area contributed by atoms with Crippen molar-refractivity contribution in [3.05, 3.63) is 18.4 Å². The second-order valence-electron chi connectivity index (χ2n) is 0.856. The molecule has 1 radical (unpaired) electrons. The largest absolute Gasteiger partial charge is 0.424 e. The Bertz CT molecular complexity index is 142. The van der Waals surface area contributed by atoms with Crippen LogP contribution >= 0.6 is 0 Å². The number of hydrogen-bond acceptors (Lipinski definition) is 3. The first kappa shape index (κ1) is 6.66. The quantitative estimate of drug-likeness (QED) is 0.292. The van der Waals surface area contributed by atoms with Crippen LogP contribution in [0.1, 0.15) is 0 Å². The third-order valence-corrected chi connectivity index (χ3v) is 0.438. The molecule has 0 amide bonds. The van der Waals surface area contributed by atoms with Gasteiger partial charge in [0.05, 0.1) is 0 Å². The molecule has 0 unspecified atom stereocenters. The van der Waals surface area contributed by atoms with E-state index in [1.807, 2.05) is 0 Å². The number of rotatable bonds is 3. The molecule has 3 nitrogen and oxygen atoms in total.